The van der Waals surface area contributed by atoms with Crippen molar-refractivity contribution in [1.82, 2.24) is 15.0 Å². The third kappa shape index (κ3) is 1.84. The second kappa shape index (κ2) is 4.06. The average molecular weight is 247 g/mol. The lowest BCUT2D eigenvalue weighted by Gasteiger charge is -2.01. The van der Waals surface area contributed by atoms with Crippen molar-refractivity contribution in [2.75, 3.05) is 6.61 Å². The predicted octanol–water partition coefficient (Wildman–Crippen LogP) is 1.55. The molecule has 0 spiro atoms. The van der Waals surface area contributed by atoms with Gasteiger partial charge in [0, 0.05) is 12.1 Å². The number of nitrogens with one attached hydrogen (secondary N) is 1. The van der Waals surface area contributed by atoms with E-state index in [9.17, 15) is 4.79 Å². The van der Waals surface area contributed by atoms with Crippen LogP contribution in [0.15, 0.2) is 12.3 Å². The maximum Gasteiger partial charge on any atom is 0.337 e. The monoisotopic (exact) mass is 247 g/mol. The van der Waals surface area contributed by atoms with Crippen LogP contribution in [0.2, 0.25) is 0 Å². The average Bonchev–Trinajstić information content (AvgIpc) is 2.93. The number of fused-ring (bicyclic) bond motifs is 1. The fourth-order valence-corrected chi connectivity index (χ4v) is 2.24. The first-order valence-corrected chi connectivity index (χ1v) is 5.84. The molecule has 2 aromatic heterocycles. The number of aromatic nitrogens is 3. The van der Waals surface area contributed by atoms with Crippen molar-refractivity contribution in [3.63, 3.8) is 0 Å². The summed E-state index contributed by atoms with van der Waals surface area (Å²) in [6.07, 6.45) is 2.49. The second-order valence-corrected chi connectivity index (χ2v) is 4.60. The van der Waals surface area contributed by atoms with Crippen LogP contribution in [-0.2, 0) is 4.74 Å². The minimum Gasteiger partial charge on any atom is -0.478 e. The van der Waals surface area contributed by atoms with Crippen molar-refractivity contribution >= 4 is 17.1 Å². The van der Waals surface area contributed by atoms with Crippen molar-refractivity contribution in [1.29, 1.82) is 0 Å². The number of rotatable bonds is 2. The van der Waals surface area contributed by atoms with Crippen LogP contribution in [0, 0.1) is 0 Å². The number of ether oxygens (including phenoxy) is 1. The molecule has 2 unspecified atom stereocenters. The minimum atomic E-state index is -0.988. The first kappa shape index (κ1) is 11.2. The summed E-state index contributed by atoms with van der Waals surface area (Å²) in [5.74, 6) is 0.0743. The molecule has 2 N–H and O–H groups in total. The maximum absolute atomic E-state index is 10.9. The number of nitrogens with zero attached hydrogens (tertiary/aromatic N) is 2. The number of H-pyrrole nitrogens is 1. The van der Waals surface area contributed by atoms with Gasteiger partial charge in [-0.2, -0.15) is 0 Å². The van der Waals surface area contributed by atoms with Crippen molar-refractivity contribution in [3.05, 3.63) is 23.7 Å². The van der Waals surface area contributed by atoms with Crippen LogP contribution in [0.5, 0.6) is 0 Å². The van der Waals surface area contributed by atoms with Crippen molar-refractivity contribution < 1.29 is 14.6 Å². The summed E-state index contributed by atoms with van der Waals surface area (Å²) in [5, 5.41) is 8.90. The van der Waals surface area contributed by atoms with E-state index < -0.39 is 5.97 Å². The lowest BCUT2D eigenvalue weighted by molar-refractivity contribution is 0.0696. The largest absolute Gasteiger partial charge is 0.478 e. The van der Waals surface area contributed by atoms with Crippen LogP contribution >= 0.6 is 0 Å². The van der Waals surface area contributed by atoms with E-state index in [1.165, 1.54) is 6.20 Å². The third-order valence-electron chi connectivity index (χ3n) is 3.19. The normalized spacial score (nSPS) is 23.6. The Morgan fingerprint density at radius 3 is 3.11 bits per heavy atom. The molecule has 6 nitrogen and oxygen atoms in total. The van der Waals surface area contributed by atoms with Gasteiger partial charge in [-0.15, -0.1) is 0 Å². The molecule has 3 rings (SSSR count). The Hall–Kier alpha value is -1.95. The van der Waals surface area contributed by atoms with Gasteiger partial charge >= 0.3 is 5.97 Å². The van der Waals surface area contributed by atoms with E-state index in [0.717, 1.165) is 12.2 Å². The molecule has 0 amide bonds. The number of carbonyl (C=O) groups is 1. The Balaban J connectivity index is 1.98. The zero-order chi connectivity index (χ0) is 12.7. The van der Waals surface area contributed by atoms with E-state index in [0.29, 0.717) is 17.8 Å². The van der Waals surface area contributed by atoms with Gasteiger partial charge in [0.25, 0.3) is 0 Å². The number of carboxylic acid groups (broad SMARTS) is 1. The van der Waals surface area contributed by atoms with E-state index in [1.807, 2.05) is 6.92 Å². The lowest BCUT2D eigenvalue weighted by atomic mass is 10.1. The molecule has 2 aromatic rings. The summed E-state index contributed by atoms with van der Waals surface area (Å²) in [6.45, 7) is 2.68. The highest BCUT2D eigenvalue weighted by Crippen LogP contribution is 2.28. The number of hydrogen-bond acceptors (Lipinski definition) is 4. The van der Waals surface area contributed by atoms with E-state index in [-0.39, 0.29) is 17.6 Å². The lowest BCUT2D eigenvalue weighted by Crippen LogP contribution is -2.00. The molecule has 0 bridgehead atoms. The number of aromatic carboxylic acids is 1. The van der Waals surface area contributed by atoms with E-state index >= 15 is 0 Å². The summed E-state index contributed by atoms with van der Waals surface area (Å²) >= 11 is 0. The molecular weight excluding hydrogens is 234 g/mol. The summed E-state index contributed by atoms with van der Waals surface area (Å²) in [6, 6.07) is 1.56. The molecule has 0 aliphatic carbocycles. The Bertz CT molecular complexity index is 608. The predicted molar refractivity (Wildman–Crippen MR) is 63.6 cm³/mol. The molecule has 6 heteroatoms. The molecular formula is C12H13N3O3. The highest BCUT2D eigenvalue weighted by atomic mass is 16.5. The van der Waals surface area contributed by atoms with E-state index in [4.69, 9.17) is 9.84 Å². The number of hydrogen-bond donors (Lipinski definition) is 2. The number of imidazole rings is 1. The maximum atomic E-state index is 10.9. The zero-order valence-electron chi connectivity index (χ0n) is 9.88. The SMILES string of the molecule is CC1CC(c2nc3ncc(C(=O)O)cc3[nH]2)CO1. The van der Waals surface area contributed by atoms with E-state index in [1.54, 1.807) is 6.07 Å². The molecule has 94 valence electrons. The number of aromatic amines is 1. The van der Waals surface area contributed by atoms with Gasteiger partial charge in [0.15, 0.2) is 5.65 Å². The Morgan fingerprint density at radius 1 is 1.61 bits per heavy atom. The Labute approximate surface area is 103 Å². The summed E-state index contributed by atoms with van der Waals surface area (Å²) in [7, 11) is 0. The zero-order valence-corrected chi connectivity index (χ0v) is 9.88. The molecule has 0 radical (unpaired) electrons. The molecule has 0 saturated carbocycles. The van der Waals surface area contributed by atoms with Crippen molar-refractivity contribution in [3.8, 4) is 0 Å². The topological polar surface area (TPSA) is 88.1 Å². The van der Waals surface area contributed by atoms with Crippen molar-refractivity contribution in [2.24, 2.45) is 0 Å². The Kier molecular flexibility index (Phi) is 2.52. The molecule has 3 heterocycles. The smallest absolute Gasteiger partial charge is 0.337 e. The van der Waals surface area contributed by atoms with Crippen LogP contribution in [0.1, 0.15) is 35.4 Å². The van der Waals surface area contributed by atoms with Crippen LogP contribution in [0.4, 0.5) is 0 Å². The van der Waals surface area contributed by atoms with Crippen LogP contribution < -0.4 is 0 Å². The van der Waals surface area contributed by atoms with Gasteiger partial charge < -0.3 is 14.8 Å². The van der Waals surface area contributed by atoms with Crippen molar-refractivity contribution in [2.45, 2.75) is 25.4 Å². The Morgan fingerprint density at radius 2 is 2.44 bits per heavy atom. The number of carboxylic acids is 1. The van der Waals surface area contributed by atoms with Gasteiger partial charge in [-0.1, -0.05) is 0 Å². The van der Waals surface area contributed by atoms with Crippen LogP contribution in [0.25, 0.3) is 11.2 Å². The van der Waals surface area contributed by atoms with Gasteiger partial charge in [-0.25, -0.2) is 14.8 Å². The standard InChI is InChI=1S/C12H13N3O3/c1-6-2-8(5-18-6)10-14-9-3-7(12(16)17)4-13-11(9)15-10/h3-4,6,8H,2,5H2,1H3,(H,16,17)(H,13,14,15). The van der Waals surface area contributed by atoms with Gasteiger partial charge in [0.05, 0.1) is 23.8 Å². The van der Waals surface area contributed by atoms with E-state index in [2.05, 4.69) is 15.0 Å². The summed E-state index contributed by atoms with van der Waals surface area (Å²) < 4.78 is 5.50. The highest BCUT2D eigenvalue weighted by molar-refractivity contribution is 5.90. The molecule has 18 heavy (non-hydrogen) atoms. The summed E-state index contributed by atoms with van der Waals surface area (Å²) in [5.41, 5.74) is 1.37. The molecule has 1 aliphatic rings. The first-order chi connectivity index (χ1) is 8.63. The molecule has 1 fully saturated rings. The second-order valence-electron chi connectivity index (χ2n) is 4.60. The highest BCUT2D eigenvalue weighted by Gasteiger charge is 2.26. The fourth-order valence-electron chi connectivity index (χ4n) is 2.24. The third-order valence-corrected chi connectivity index (χ3v) is 3.19. The van der Waals surface area contributed by atoms with Crippen LogP contribution in [-0.4, -0.2) is 38.7 Å². The summed E-state index contributed by atoms with van der Waals surface area (Å²) in [4.78, 5) is 22.4. The quantitative estimate of drug-likeness (QED) is 0.840. The van der Waals surface area contributed by atoms with Gasteiger partial charge in [0.2, 0.25) is 0 Å². The fraction of sp³-hybridized carbons (Fsp3) is 0.417. The number of pyridine rings is 1. The first-order valence-electron chi connectivity index (χ1n) is 5.84. The van der Waals surface area contributed by atoms with Gasteiger partial charge in [-0.05, 0) is 19.4 Å². The molecule has 1 saturated heterocycles. The van der Waals surface area contributed by atoms with Crippen LogP contribution in [0.3, 0.4) is 0 Å². The molecule has 1 aliphatic heterocycles. The molecule has 0 aromatic carbocycles. The van der Waals surface area contributed by atoms with Gasteiger partial charge in [0.1, 0.15) is 5.82 Å². The van der Waals surface area contributed by atoms with Gasteiger partial charge in [-0.3, -0.25) is 0 Å². The molecule has 2 atom stereocenters. The minimum absolute atomic E-state index is 0.161.